The van der Waals surface area contributed by atoms with E-state index in [-0.39, 0.29) is 5.41 Å². The number of hydrogen-bond donors (Lipinski definition) is 0. The molecule has 0 radical (unpaired) electrons. The van der Waals surface area contributed by atoms with E-state index in [9.17, 15) is 0 Å². The number of unbranched alkanes of at least 4 members (excludes halogenated alkanes) is 10. The maximum absolute atomic E-state index is 2.59. The summed E-state index contributed by atoms with van der Waals surface area (Å²) in [5, 5.41) is 7.37. The summed E-state index contributed by atoms with van der Waals surface area (Å²) in [7, 11) is 0. The average molecular weight is 503 g/mol. The normalized spacial score (nSPS) is 14.1. The Morgan fingerprint density at radius 3 is 1.43 bits per heavy atom. The molecule has 35 heavy (non-hydrogen) atoms. The lowest BCUT2D eigenvalue weighted by Crippen LogP contribution is -2.25. The van der Waals surface area contributed by atoms with E-state index < -0.39 is 0 Å². The third-order valence-electron chi connectivity index (χ3n) is 8.42. The second-order valence-electron chi connectivity index (χ2n) is 10.8. The van der Waals surface area contributed by atoms with Crippen molar-refractivity contribution in [1.82, 2.24) is 0 Å². The van der Waals surface area contributed by atoms with Crippen molar-refractivity contribution in [2.45, 2.75) is 109 Å². The zero-order valence-corrected chi connectivity index (χ0v) is 23.5. The van der Waals surface area contributed by atoms with E-state index >= 15 is 0 Å². The van der Waals surface area contributed by atoms with Gasteiger partial charge in [-0.1, -0.05) is 90.9 Å². The van der Waals surface area contributed by atoms with Crippen molar-refractivity contribution in [1.29, 1.82) is 0 Å². The summed E-state index contributed by atoms with van der Waals surface area (Å²) in [5.41, 5.74) is 6.52. The van der Waals surface area contributed by atoms with Crippen LogP contribution in [0.1, 0.15) is 115 Å². The van der Waals surface area contributed by atoms with Gasteiger partial charge in [0, 0.05) is 14.8 Å². The molecule has 1 aliphatic rings. The number of hydrogen-bond acceptors (Lipinski definition) is 2. The van der Waals surface area contributed by atoms with Gasteiger partial charge in [0.2, 0.25) is 0 Å². The van der Waals surface area contributed by atoms with E-state index in [4.69, 9.17) is 0 Å². The van der Waals surface area contributed by atoms with Crippen LogP contribution < -0.4 is 0 Å². The predicted molar refractivity (Wildman–Crippen MR) is 159 cm³/mol. The molecule has 0 aliphatic heterocycles. The van der Waals surface area contributed by atoms with Crippen LogP contribution in [0.25, 0.3) is 31.3 Å². The van der Waals surface area contributed by atoms with Gasteiger partial charge < -0.3 is 0 Å². The highest BCUT2D eigenvalue weighted by Crippen LogP contribution is 2.56. The van der Waals surface area contributed by atoms with Gasteiger partial charge in [-0.3, -0.25) is 0 Å². The molecule has 2 aromatic carbocycles. The van der Waals surface area contributed by atoms with Crippen molar-refractivity contribution in [3.05, 3.63) is 58.3 Å². The summed E-state index contributed by atoms with van der Waals surface area (Å²) >= 11 is 3.83. The van der Waals surface area contributed by atoms with Crippen LogP contribution in [-0.4, -0.2) is 0 Å². The molecular weight excluding hydrogens is 460 g/mol. The largest absolute Gasteiger partial charge is 0.144 e. The molecule has 0 saturated carbocycles. The first-order valence-corrected chi connectivity index (χ1v) is 16.1. The Kier molecular flexibility index (Phi) is 8.30. The standard InChI is InChI=1S/C33H42S2/c1-3-5-7-9-11-13-17-33(18-14-12-10-8-6-4-2)29-23-31-25(15-19-34-31)21-27(29)28-22-26-16-20-35-32(26)24-30(28)33/h15-16,19-24H,3-14,17-18H2,1-2H3. The van der Waals surface area contributed by atoms with E-state index in [1.165, 1.54) is 121 Å². The molecule has 5 rings (SSSR count). The maximum Gasteiger partial charge on any atom is 0.0346 e. The highest BCUT2D eigenvalue weighted by Gasteiger charge is 2.42. The molecule has 2 heterocycles. The summed E-state index contributed by atoms with van der Waals surface area (Å²) in [5.74, 6) is 0. The molecule has 0 atom stereocenters. The van der Waals surface area contributed by atoms with Crippen molar-refractivity contribution in [2.75, 3.05) is 0 Å². The molecule has 2 aromatic heterocycles. The van der Waals surface area contributed by atoms with Gasteiger partial charge in [0.15, 0.2) is 0 Å². The molecule has 0 saturated heterocycles. The molecule has 2 heteroatoms. The van der Waals surface area contributed by atoms with E-state index in [1.807, 2.05) is 22.7 Å². The third-order valence-corrected chi connectivity index (χ3v) is 10.2. The summed E-state index contributed by atoms with van der Waals surface area (Å²) in [6, 6.07) is 14.8. The van der Waals surface area contributed by atoms with Gasteiger partial charge in [0.1, 0.15) is 0 Å². The van der Waals surface area contributed by atoms with Gasteiger partial charge in [-0.2, -0.15) is 0 Å². The number of rotatable bonds is 14. The number of fused-ring (bicyclic) bond motifs is 5. The highest BCUT2D eigenvalue weighted by atomic mass is 32.1. The Hall–Kier alpha value is -1.64. The molecule has 0 amide bonds. The Bertz CT molecular complexity index is 1140. The fourth-order valence-corrected chi connectivity index (χ4v) is 8.10. The average Bonchev–Trinajstić information content (AvgIpc) is 3.58. The second kappa shape index (κ2) is 11.6. The quantitative estimate of drug-likeness (QED) is 0.150. The first kappa shape index (κ1) is 25.0. The first-order valence-electron chi connectivity index (χ1n) is 14.3. The minimum Gasteiger partial charge on any atom is -0.144 e. The fraction of sp³-hybridized carbons (Fsp3) is 0.515. The predicted octanol–water partition coefficient (Wildman–Crippen LogP) is 11.9. The van der Waals surface area contributed by atoms with Crippen LogP contribution in [-0.2, 0) is 5.41 Å². The zero-order valence-electron chi connectivity index (χ0n) is 21.8. The molecule has 186 valence electrons. The van der Waals surface area contributed by atoms with E-state index in [2.05, 4.69) is 61.0 Å². The van der Waals surface area contributed by atoms with Crippen molar-refractivity contribution in [2.24, 2.45) is 0 Å². The summed E-state index contributed by atoms with van der Waals surface area (Å²) in [6.07, 6.45) is 19.1. The molecule has 0 unspecified atom stereocenters. The molecule has 0 fully saturated rings. The lowest BCUT2D eigenvalue weighted by Gasteiger charge is -2.33. The minimum absolute atomic E-state index is 0.191. The molecule has 0 spiro atoms. The molecule has 0 nitrogen and oxygen atoms in total. The van der Waals surface area contributed by atoms with Crippen molar-refractivity contribution < 1.29 is 0 Å². The van der Waals surface area contributed by atoms with Gasteiger partial charge in [-0.05, 0) is 93.0 Å². The Morgan fingerprint density at radius 2 is 0.971 bits per heavy atom. The molecule has 0 bridgehead atoms. The summed E-state index contributed by atoms with van der Waals surface area (Å²) < 4.78 is 2.93. The van der Waals surface area contributed by atoms with Gasteiger partial charge in [0.25, 0.3) is 0 Å². The van der Waals surface area contributed by atoms with Crippen molar-refractivity contribution in [3.8, 4) is 11.1 Å². The summed E-state index contributed by atoms with van der Waals surface area (Å²) in [4.78, 5) is 0. The second-order valence-corrected chi connectivity index (χ2v) is 12.7. The van der Waals surface area contributed by atoms with Gasteiger partial charge in [-0.15, -0.1) is 22.7 Å². The number of thiophene rings is 2. The lowest BCUT2D eigenvalue weighted by molar-refractivity contribution is 0.398. The fourth-order valence-electron chi connectivity index (χ4n) is 6.48. The minimum atomic E-state index is 0.191. The van der Waals surface area contributed by atoms with Crippen molar-refractivity contribution in [3.63, 3.8) is 0 Å². The van der Waals surface area contributed by atoms with Crippen LogP contribution in [0.15, 0.2) is 47.2 Å². The smallest absolute Gasteiger partial charge is 0.0346 e. The van der Waals surface area contributed by atoms with Gasteiger partial charge in [0.05, 0.1) is 0 Å². The number of benzene rings is 2. The van der Waals surface area contributed by atoms with E-state index in [0.29, 0.717) is 0 Å². The van der Waals surface area contributed by atoms with Gasteiger partial charge >= 0.3 is 0 Å². The van der Waals surface area contributed by atoms with Crippen LogP contribution >= 0.6 is 22.7 Å². The Morgan fingerprint density at radius 1 is 0.543 bits per heavy atom. The molecule has 1 aliphatic carbocycles. The Balaban J connectivity index is 1.51. The van der Waals surface area contributed by atoms with Gasteiger partial charge in [-0.25, -0.2) is 0 Å². The van der Waals surface area contributed by atoms with E-state index in [1.54, 1.807) is 11.1 Å². The summed E-state index contributed by atoms with van der Waals surface area (Å²) in [6.45, 7) is 4.64. The van der Waals surface area contributed by atoms with Crippen LogP contribution in [0.4, 0.5) is 0 Å². The van der Waals surface area contributed by atoms with E-state index in [0.717, 1.165) is 0 Å². The Labute approximate surface area is 220 Å². The third kappa shape index (κ3) is 5.12. The maximum atomic E-state index is 2.59. The van der Waals surface area contributed by atoms with Crippen molar-refractivity contribution >= 4 is 42.8 Å². The molecule has 4 aromatic rings. The topological polar surface area (TPSA) is 0 Å². The van der Waals surface area contributed by atoms with Crippen LogP contribution in [0, 0.1) is 0 Å². The SMILES string of the molecule is CCCCCCCCC1(CCCCCCCC)c2cc3sccc3cc2-c2cc3ccsc3cc21. The molecule has 0 N–H and O–H groups in total. The highest BCUT2D eigenvalue weighted by molar-refractivity contribution is 7.17. The van der Waals surface area contributed by atoms with Crippen LogP contribution in [0.5, 0.6) is 0 Å². The monoisotopic (exact) mass is 502 g/mol. The van der Waals surface area contributed by atoms with Crippen LogP contribution in [0.2, 0.25) is 0 Å². The lowest BCUT2D eigenvalue weighted by atomic mass is 9.70. The van der Waals surface area contributed by atoms with Crippen LogP contribution in [0.3, 0.4) is 0 Å². The first-order chi connectivity index (χ1) is 17.3. The zero-order chi connectivity index (χ0) is 24.1. The molecular formula is C33H42S2.